The zero-order valence-electron chi connectivity index (χ0n) is 9.29. The average molecular weight is 397 g/mol. The lowest BCUT2D eigenvalue weighted by Crippen LogP contribution is -2.13. The number of halogens is 4. The number of thiophene rings is 1. The molecule has 2 rings (SSSR count). The number of nitrogens with one attached hydrogen (secondary N) is 1. The Hall–Kier alpha value is -1.09. The summed E-state index contributed by atoms with van der Waals surface area (Å²) in [5, 5.41) is 5.85. The second-order valence-corrected chi connectivity index (χ2v) is 5.60. The first kappa shape index (κ1) is 14.3. The van der Waals surface area contributed by atoms with Gasteiger partial charge in [-0.1, -0.05) is 0 Å². The van der Waals surface area contributed by atoms with Gasteiger partial charge in [0.2, 0.25) is 0 Å². The topological polar surface area (TPSA) is 29.1 Å². The average Bonchev–Trinajstić information content (AvgIpc) is 2.84. The molecule has 0 radical (unpaired) electrons. The predicted octanol–water partition coefficient (Wildman–Crippen LogP) is 4.62. The SMILES string of the molecule is O=C(Nc1cc(C(F)(F)F)ccc1I)c1ccsc1. The molecule has 0 saturated heterocycles. The minimum absolute atomic E-state index is 0.159. The van der Waals surface area contributed by atoms with Gasteiger partial charge in [0.1, 0.15) is 0 Å². The second kappa shape index (κ2) is 5.49. The number of anilines is 1. The largest absolute Gasteiger partial charge is 0.416 e. The van der Waals surface area contributed by atoms with Gasteiger partial charge in [-0.15, -0.1) is 0 Å². The predicted molar refractivity (Wildman–Crippen MR) is 76.4 cm³/mol. The molecule has 1 heterocycles. The van der Waals surface area contributed by atoms with Crippen molar-refractivity contribution >= 4 is 45.5 Å². The maximum absolute atomic E-state index is 12.6. The number of hydrogen-bond acceptors (Lipinski definition) is 2. The van der Waals surface area contributed by atoms with Crippen LogP contribution in [-0.2, 0) is 6.18 Å². The molecule has 0 aliphatic carbocycles. The molecular formula is C12H7F3INOS. The summed E-state index contributed by atoms with van der Waals surface area (Å²) >= 11 is 3.22. The Morgan fingerprint density at radius 2 is 2.00 bits per heavy atom. The van der Waals surface area contributed by atoms with E-state index >= 15 is 0 Å². The Morgan fingerprint density at radius 1 is 1.26 bits per heavy atom. The van der Waals surface area contributed by atoms with Crippen LogP contribution in [-0.4, -0.2) is 5.91 Å². The molecule has 2 nitrogen and oxygen atoms in total. The van der Waals surface area contributed by atoms with Crippen LogP contribution in [0.1, 0.15) is 15.9 Å². The molecule has 1 N–H and O–H groups in total. The van der Waals surface area contributed by atoms with Gasteiger partial charge < -0.3 is 5.32 Å². The Balaban J connectivity index is 2.27. The molecule has 0 bridgehead atoms. The minimum Gasteiger partial charge on any atom is -0.321 e. The fraction of sp³-hybridized carbons (Fsp3) is 0.0833. The normalized spacial score (nSPS) is 11.4. The monoisotopic (exact) mass is 397 g/mol. The van der Waals surface area contributed by atoms with Gasteiger partial charge in [-0.25, -0.2) is 0 Å². The van der Waals surface area contributed by atoms with Gasteiger partial charge in [0.15, 0.2) is 0 Å². The molecule has 1 aromatic heterocycles. The van der Waals surface area contributed by atoms with Crippen LogP contribution in [0.3, 0.4) is 0 Å². The van der Waals surface area contributed by atoms with Crippen molar-refractivity contribution in [2.24, 2.45) is 0 Å². The van der Waals surface area contributed by atoms with E-state index in [2.05, 4.69) is 5.32 Å². The third kappa shape index (κ3) is 3.47. The maximum atomic E-state index is 12.6. The van der Waals surface area contributed by atoms with E-state index in [9.17, 15) is 18.0 Å². The van der Waals surface area contributed by atoms with Crippen LogP contribution in [0, 0.1) is 3.57 Å². The number of alkyl halides is 3. The van der Waals surface area contributed by atoms with Crippen molar-refractivity contribution in [2.45, 2.75) is 6.18 Å². The lowest BCUT2D eigenvalue weighted by Gasteiger charge is -2.11. The first-order valence-corrected chi connectivity index (χ1v) is 7.10. The summed E-state index contributed by atoms with van der Waals surface area (Å²) in [6.45, 7) is 0. The van der Waals surface area contributed by atoms with Crippen LogP contribution in [0.4, 0.5) is 18.9 Å². The molecule has 7 heteroatoms. The highest BCUT2D eigenvalue weighted by atomic mass is 127. The number of amides is 1. The summed E-state index contributed by atoms with van der Waals surface area (Å²) in [5.74, 6) is -0.418. The van der Waals surface area contributed by atoms with E-state index < -0.39 is 17.6 Å². The Morgan fingerprint density at radius 3 is 2.58 bits per heavy atom. The number of rotatable bonds is 2. The minimum atomic E-state index is -4.42. The van der Waals surface area contributed by atoms with Gasteiger partial charge in [-0.3, -0.25) is 4.79 Å². The van der Waals surface area contributed by atoms with Gasteiger partial charge >= 0.3 is 6.18 Å². The van der Waals surface area contributed by atoms with Crippen molar-refractivity contribution in [3.8, 4) is 0 Å². The van der Waals surface area contributed by atoms with Crippen molar-refractivity contribution < 1.29 is 18.0 Å². The fourth-order valence-corrected chi connectivity index (χ4v) is 2.49. The van der Waals surface area contributed by atoms with Crippen molar-refractivity contribution in [1.29, 1.82) is 0 Å². The van der Waals surface area contributed by atoms with E-state index in [1.165, 1.54) is 17.4 Å². The Bertz CT molecular complexity index is 596. The highest BCUT2D eigenvalue weighted by molar-refractivity contribution is 14.1. The van der Waals surface area contributed by atoms with Gasteiger partial charge in [0.05, 0.1) is 16.8 Å². The molecule has 0 fully saturated rings. The first-order chi connectivity index (χ1) is 8.88. The Labute approximate surface area is 124 Å². The summed E-state index contributed by atoms with van der Waals surface area (Å²) in [7, 11) is 0. The first-order valence-electron chi connectivity index (χ1n) is 5.08. The zero-order chi connectivity index (χ0) is 14.0. The third-order valence-electron chi connectivity index (χ3n) is 2.33. The molecule has 1 aromatic carbocycles. The summed E-state index contributed by atoms with van der Waals surface area (Å²) in [5.41, 5.74) is -0.196. The quantitative estimate of drug-likeness (QED) is 0.737. The van der Waals surface area contributed by atoms with Crippen LogP contribution >= 0.6 is 33.9 Å². The number of hydrogen-bond donors (Lipinski definition) is 1. The van der Waals surface area contributed by atoms with Crippen molar-refractivity contribution in [1.82, 2.24) is 0 Å². The van der Waals surface area contributed by atoms with Crippen LogP contribution in [0.15, 0.2) is 35.0 Å². The molecule has 2 aromatic rings. The molecule has 0 aliphatic rings. The maximum Gasteiger partial charge on any atom is 0.416 e. The third-order valence-corrected chi connectivity index (χ3v) is 3.95. The highest BCUT2D eigenvalue weighted by Crippen LogP contribution is 2.32. The van der Waals surface area contributed by atoms with Crippen LogP contribution < -0.4 is 5.32 Å². The number of carbonyl (C=O) groups excluding carboxylic acids is 1. The van der Waals surface area contributed by atoms with Crippen LogP contribution in [0.25, 0.3) is 0 Å². The molecule has 1 amide bonds. The summed E-state index contributed by atoms with van der Waals surface area (Å²) < 4.78 is 38.3. The Kier molecular flexibility index (Phi) is 4.14. The van der Waals surface area contributed by atoms with Crippen molar-refractivity contribution in [3.05, 3.63) is 49.7 Å². The molecule has 0 atom stereocenters. The van der Waals surface area contributed by atoms with E-state index in [1.807, 2.05) is 22.6 Å². The number of benzene rings is 1. The van der Waals surface area contributed by atoms with Gasteiger partial charge in [-0.2, -0.15) is 24.5 Å². The standard InChI is InChI=1S/C12H7F3INOS/c13-12(14,15)8-1-2-9(16)10(5-8)17-11(18)7-3-4-19-6-7/h1-6H,(H,17,18). The molecule has 100 valence electrons. The highest BCUT2D eigenvalue weighted by Gasteiger charge is 2.31. The molecule has 0 aliphatic heterocycles. The van der Waals surface area contributed by atoms with Crippen molar-refractivity contribution in [3.63, 3.8) is 0 Å². The molecule has 0 saturated carbocycles. The smallest absolute Gasteiger partial charge is 0.321 e. The van der Waals surface area contributed by atoms with E-state index in [0.29, 0.717) is 9.13 Å². The number of carbonyl (C=O) groups is 1. The summed E-state index contributed by atoms with van der Waals surface area (Å²) in [6.07, 6.45) is -4.42. The lowest BCUT2D eigenvalue weighted by molar-refractivity contribution is -0.137. The van der Waals surface area contributed by atoms with Gasteiger partial charge in [0.25, 0.3) is 5.91 Å². The molecule has 19 heavy (non-hydrogen) atoms. The summed E-state index contributed by atoms with van der Waals surface area (Å²) in [4.78, 5) is 11.8. The fourth-order valence-electron chi connectivity index (χ4n) is 1.39. The van der Waals surface area contributed by atoms with Crippen molar-refractivity contribution in [2.75, 3.05) is 5.32 Å². The zero-order valence-corrected chi connectivity index (χ0v) is 12.3. The van der Waals surface area contributed by atoms with Gasteiger partial charge in [0, 0.05) is 8.95 Å². The molecular weight excluding hydrogens is 390 g/mol. The van der Waals surface area contributed by atoms with Crippen LogP contribution in [0.5, 0.6) is 0 Å². The molecule has 0 unspecified atom stereocenters. The lowest BCUT2D eigenvalue weighted by atomic mass is 10.2. The molecule has 0 spiro atoms. The van der Waals surface area contributed by atoms with Gasteiger partial charge in [-0.05, 0) is 52.2 Å². The van der Waals surface area contributed by atoms with E-state index in [0.717, 1.165) is 12.1 Å². The van der Waals surface area contributed by atoms with E-state index in [-0.39, 0.29) is 5.69 Å². The van der Waals surface area contributed by atoms with E-state index in [1.54, 1.807) is 16.8 Å². The van der Waals surface area contributed by atoms with Crippen LogP contribution in [0.2, 0.25) is 0 Å². The second-order valence-electron chi connectivity index (χ2n) is 3.66. The summed E-state index contributed by atoms with van der Waals surface area (Å²) in [6, 6.07) is 4.86. The van der Waals surface area contributed by atoms with E-state index in [4.69, 9.17) is 0 Å².